The van der Waals surface area contributed by atoms with Crippen molar-refractivity contribution in [1.29, 1.82) is 0 Å². The number of alkyl halides is 1. The van der Waals surface area contributed by atoms with Crippen LogP contribution in [0.5, 0.6) is 0 Å². The highest BCUT2D eigenvalue weighted by Crippen LogP contribution is 2.33. The number of hydrogen-bond acceptors (Lipinski definition) is 20. The number of amides is 2. The van der Waals surface area contributed by atoms with Crippen molar-refractivity contribution in [2.75, 3.05) is 84.1 Å². The summed E-state index contributed by atoms with van der Waals surface area (Å²) in [5.74, 6) is -0.783. The van der Waals surface area contributed by atoms with Crippen LogP contribution in [0, 0.1) is 17.8 Å². The van der Waals surface area contributed by atoms with Gasteiger partial charge in [0.15, 0.2) is 11.6 Å². The highest BCUT2D eigenvalue weighted by molar-refractivity contribution is 6.10. The molecule has 0 unspecified atom stereocenters. The molecule has 0 spiro atoms. The molecule has 0 saturated heterocycles. The molecular formula is C71H112ClFN14O11. The lowest BCUT2D eigenvalue weighted by Gasteiger charge is -2.25. The summed E-state index contributed by atoms with van der Waals surface area (Å²) in [5.41, 5.74) is 8.37. The van der Waals surface area contributed by atoms with Gasteiger partial charge in [-0.2, -0.15) is 0 Å². The number of hydrogen-bond donors (Lipinski definition) is 6. The van der Waals surface area contributed by atoms with Gasteiger partial charge < -0.3 is 69.6 Å². The number of carbonyl (C=O) groups excluding carboxylic acids is 3. The number of halogens is 2. The molecule has 0 fully saturated rings. The number of ether oxygens (including phenoxy) is 4. The Morgan fingerprint density at radius 3 is 1.61 bits per heavy atom. The van der Waals surface area contributed by atoms with E-state index in [2.05, 4.69) is 60.6 Å². The maximum absolute atomic E-state index is 13.4. The van der Waals surface area contributed by atoms with Crippen LogP contribution in [-0.2, 0) is 59.6 Å². The van der Waals surface area contributed by atoms with Crippen molar-refractivity contribution in [1.82, 2.24) is 44.3 Å². The first-order chi connectivity index (χ1) is 45.7. The van der Waals surface area contributed by atoms with Crippen molar-refractivity contribution in [3.05, 3.63) is 84.7 Å². The zero-order chi connectivity index (χ0) is 74.3. The van der Waals surface area contributed by atoms with Crippen LogP contribution in [0.3, 0.4) is 0 Å². The molecule has 7 aromatic rings. The lowest BCUT2D eigenvalue weighted by Crippen LogP contribution is -2.48. The van der Waals surface area contributed by atoms with E-state index < -0.39 is 65.5 Å². The molecule has 0 saturated carbocycles. The lowest BCUT2D eigenvalue weighted by atomic mass is 9.93. The van der Waals surface area contributed by atoms with Crippen LogP contribution in [0.4, 0.5) is 26.5 Å². The fourth-order valence-electron chi connectivity index (χ4n) is 9.21. The van der Waals surface area contributed by atoms with Crippen LogP contribution < -0.4 is 21.3 Å². The van der Waals surface area contributed by atoms with Gasteiger partial charge in [-0.25, -0.2) is 34.7 Å². The number of benzene rings is 2. The van der Waals surface area contributed by atoms with Gasteiger partial charge in [-0.15, -0.1) is 12.4 Å². The number of aliphatic carboxylic acids is 1. The van der Waals surface area contributed by atoms with Gasteiger partial charge in [0.25, 0.3) is 0 Å². The quantitative estimate of drug-likeness (QED) is 0.0186. The monoisotopic (exact) mass is 1390 g/mol. The molecule has 0 aliphatic heterocycles. The summed E-state index contributed by atoms with van der Waals surface area (Å²) in [7, 11) is 7.14. The Hall–Kier alpha value is -7.97. The van der Waals surface area contributed by atoms with E-state index >= 15 is 0 Å². The number of pyridine rings is 3. The van der Waals surface area contributed by atoms with Gasteiger partial charge in [0, 0.05) is 62.7 Å². The summed E-state index contributed by atoms with van der Waals surface area (Å²) in [4.78, 5) is 82.5. The molecule has 7 rings (SSSR count). The van der Waals surface area contributed by atoms with Crippen molar-refractivity contribution in [3.63, 3.8) is 0 Å². The minimum atomic E-state index is -1.03. The predicted molar refractivity (Wildman–Crippen MR) is 392 cm³/mol. The molecule has 0 aliphatic rings. The number of rotatable bonds is 24. The summed E-state index contributed by atoms with van der Waals surface area (Å²) in [6.45, 7) is 35.7. The first-order valence-electron chi connectivity index (χ1n) is 33.3. The predicted octanol–water partition coefficient (Wildman–Crippen LogP) is 12.2. The topological polar surface area (TPSA) is 321 Å². The summed E-state index contributed by atoms with van der Waals surface area (Å²) in [5, 5.41) is 37.2. The second-order valence-electron chi connectivity index (χ2n) is 27.1. The minimum Gasteiger partial charge on any atom is -0.481 e. The summed E-state index contributed by atoms with van der Waals surface area (Å²) in [6, 6.07) is 21.1. The molecule has 0 bridgehead atoms. The number of nitrogens with one attached hydrogen (secondary N) is 2. The number of aromatic nitrogens is 7. The number of fused-ring (bicyclic) bond motifs is 6. The number of esters is 1. The van der Waals surface area contributed by atoms with Crippen LogP contribution >= 0.6 is 12.4 Å². The Morgan fingerprint density at radius 2 is 1.19 bits per heavy atom. The third-order valence-corrected chi connectivity index (χ3v) is 13.5. The number of aliphatic hydroxyl groups is 2. The van der Waals surface area contributed by atoms with E-state index in [1.54, 1.807) is 95.5 Å². The third-order valence-electron chi connectivity index (χ3n) is 13.5. The molecule has 5 aromatic heterocycles. The number of aliphatic imine (C=N–C) groups is 2. The molecule has 2 aromatic carbocycles. The summed E-state index contributed by atoms with van der Waals surface area (Å²) < 4.78 is 41.0. The second-order valence-corrected chi connectivity index (χ2v) is 27.1. The molecule has 25 nitrogen and oxygen atoms in total. The zero-order valence-corrected chi connectivity index (χ0v) is 62.4. The Kier molecular flexibility index (Phi) is 37.0. The number of carboxylic acid groups (broad SMARTS) is 1. The van der Waals surface area contributed by atoms with Crippen molar-refractivity contribution < 1.29 is 59.2 Å². The van der Waals surface area contributed by atoms with Gasteiger partial charge in [-0.05, 0) is 153 Å². The zero-order valence-electron chi connectivity index (χ0n) is 62.6. The van der Waals surface area contributed by atoms with Crippen LogP contribution in [0.25, 0.3) is 43.9 Å². The highest BCUT2D eigenvalue weighted by Gasteiger charge is 2.31. The molecule has 27 heteroatoms. The number of alkyl carbamates (subject to hydrolysis) is 1. The fraction of sp³-hybridized carbons (Fsp3) is 0.577. The molecule has 2 atom stereocenters. The Morgan fingerprint density at radius 1 is 0.714 bits per heavy atom. The van der Waals surface area contributed by atoms with E-state index in [1.165, 1.54) is 5.69 Å². The maximum Gasteiger partial charge on any atom is 0.408 e. The van der Waals surface area contributed by atoms with E-state index in [-0.39, 0.29) is 49.6 Å². The third kappa shape index (κ3) is 31.3. The van der Waals surface area contributed by atoms with Gasteiger partial charge in [-0.1, -0.05) is 64.1 Å². The smallest absolute Gasteiger partial charge is 0.408 e. The SMILES string of the molecule is CC(C)[C@H](CC(=O)OC(C)(C)C)C(=O)O.CCN=C=NCCCN(C)C.CCOCc1nc2c(N)nc3ccccc3c2n1CC(C)(C)O.CCOCc1nc2c(NC(=O)[C@@H](NC(=O)OC(C)(C)C)C(C)C)nc3ccccc3c2n1CC(C)(C)O.CN(C)c1ccncc1.Cl.[2H]CF. The number of carboxylic acids is 1. The van der Waals surface area contributed by atoms with Crippen LogP contribution in [0.15, 0.2) is 83.0 Å². The standard InChI is InChI=1S/C27H39N5O5.C17H22N4O2.C11H20O4.C8H17N3.C7H10N2.CH3F.ClH/c1-9-36-14-19-29-21-22(32(19)15-27(7,8)35)17-12-10-11-13-18(17)28-23(21)31-24(33)20(16(2)3)30-25(34)37-26(4,5)6;1-4-23-9-13-20-14-15(21(13)10-17(2,3)22)11-7-5-6-8-12(11)19-16(14)18;1-7(2)8(10(13)14)6-9(12)15-11(3,4)5;1-4-9-8-10-6-5-7-11(2)3;1-9(2)7-3-5-8-6-4-7;1-2;/h10-13,16,20,35H,9,14-15H2,1-8H3,(H,30,34)(H,28,31,33);5-8,22H,4,9-10H2,1-3H3,(H2,18,19);7-8H,6H2,1-5H3,(H,13,14);4-7H2,1-3H3;3-6H,1-2H3;1H3;1H/t20-;;8-;;;;/m0.0..../s1/i;;;;;1D;. The fourth-order valence-corrected chi connectivity index (χ4v) is 9.21. The molecular weight excluding hydrogens is 1280 g/mol. The number of carbonyl (C=O) groups is 4. The molecule has 98 heavy (non-hydrogen) atoms. The maximum atomic E-state index is 13.4. The second kappa shape index (κ2) is 42.1. The lowest BCUT2D eigenvalue weighted by molar-refractivity contribution is -0.160. The van der Waals surface area contributed by atoms with Crippen LogP contribution in [0.1, 0.15) is 144 Å². The van der Waals surface area contributed by atoms with E-state index in [4.69, 9.17) is 41.1 Å². The highest BCUT2D eigenvalue weighted by atomic mass is 35.5. The Bertz CT molecular complexity index is 3650. The van der Waals surface area contributed by atoms with Gasteiger partial charge in [-0.3, -0.25) is 23.8 Å². The van der Waals surface area contributed by atoms with Gasteiger partial charge in [0.2, 0.25) is 5.91 Å². The van der Waals surface area contributed by atoms with Crippen LogP contribution in [-0.4, -0.2) is 181 Å². The average Bonchev–Trinajstić information content (AvgIpc) is 1.63. The number of nitrogens with two attached hydrogens (primary N) is 1. The van der Waals surface area contributed by atoms with Gasteiger partial charge in [0.05, 0.1) is 79.8 Å². The number of para-hydroxylation sites is 2. The average molecular weight is 1390 g/mol. The molecule has 0 aliphatic carbocycles. The number of imidazole rings is 2. The van der Waals surface area contributed by atoms with E-state index in [0.717, 1.165) is 59.2 Å². The molecule has 546 valence electrons. The van der Waals surface area contributed by atoms with Crippen molar-refractivity contribution in [3.8, 4) is 0 Å². The molecule has 5 heterocycles. The normalized spacial score (nSPS) is 12.1. The molecule has 2 amide bonds. The summed E-state index contributed by atoms with van der Waals surface area (Å²) in [6.07, 6.45) is 3.92. The Labute approximate surface area is 586 Å². The first-order valence-corrected chi connectivity index (χ1v) is 32.5. The van der Waals surface area contributed by atoms with E-state index in [0.29, 0.717) is 54.6 Å². The van der Waals surface area contributed by atoms with E-state index in [9.17, 15) is 33.8 Å². The van der Waals surface area contributed by atoms with Crippen molar-refractivity contribution in [2.24, 2.45) is 27.7 Å². The molecule has 0 radical (unpaired) electrons. The van der Waals surface area contributed by atoms with E-state index in [1.807, 2.05) is 123 Å². The number of nitrogens with zero attached hydrogens (tertiary/aromatic N) is 11. The number of nitrogen functional groups attached to an aromatic ring is 1. The van der Waals surface area contributed by atoms with Gasteiger partial charge >= 0.3 is 18.0 Å². The Balaban J connectivity index is 0.000000673. The van der Waals surface area contributed by atoms with Crippen molar-refractivity contribution >= 4 is 104 Å². The van der Waals surface area contributed by atoms with Crippen LogP contribution in [0.2, 0.25) is 0 Å². The van der Waals surface area contributed by atoms with Gasteiger partial charge in [0.1, 0.15) is 53.1 Å². The van der Waals surface area contributed by atoms with Crippen molar-refractivity contribution in [2.45, 2.75) is 185 Å². The summed E-state index contributed by atoms with van der Waals surface area (Å²) >= 11 is 0. The molecule has 7 N–H and O–H groups in total. The minimum absolute atomic E-state index is 0. The number of anilines is 3. The first kappa shape index (κ1) is 86.1. The largest absolute Gasteiger partial charge is 0.481 e.